The zero-order valence-electron chi connectivity index (χ0n) is 20.4. The molecule has 2 unspecified atom stereocenters. The van der Waals surface area contributed by atoms with Crippen LogP contribution in [0.2, 0.25) is 0 Å². The van der Waals surface area contributed by atoms with Crippen molar-refractivity contribution in [2.45, 2.75) is 78.9 Å². The molecule has 3 heterocycles. The number of halogens is 1. The van der Waals surface area contributed by atoms with Gasteiger partial charge in [-0.1, -0.05) is 59.1 Å². The molecule has 1 fully saturated rings. The Labute approximate surface area is 202 Å². The maximum absolute atomic E-state index is 11.9. The molecule has 7 heteroatoms. The molecule has 4 rings (SSSR count). The van der Waals surface area contributed by atoms with Crippen LogP contribution < -0.4 is 10.6 Å². The van der Waals surface area contributed by atoms with E-state index in [-0.39, 0.29) is 17.9 Å². The molecule has 2 atom stereocenters. The largest absolute Gasteiger partial charge is 0.391 e. The highest BCUT2D eigenvalue weighted by atomic mass is 35.5. The van der Waals surface area contributed by atoms with Crippen molar-refractivity contribution in [1.82, 2.24) is 15.3 Å². The number of hydrogen-bond donors (Lipinski definition) is 3. The van der Waals surface area contributed by atoms with Gasteiger partial charge in [0, 0.05) is 45.9 Å². The smallest absolute Gasteiger partial charge is 0.228 e. The second-order valence-electron chi connectivity index (χ2n) is 8.08. The van der Waals surface area contributed by atoms with Gasteiger partial charge in [0.05, 0.1) is 17.8 Å². The van der Waals surface area contributed by atoms with Crippen molar-refractivity contribution >= 4 is 39.7 Å². The number of carbonyl (C=O) groups is 1. The lowest BCUT2D eigenvalue weighted by Gasteiger charge is -2.25. The highest BCUT2D eigenvalue weighted by molar-refractivity contribution is 6.37. The Hall–Kier alpha value is -2.44. The van der Waals surface area contributed by atoms with E-state index < -0.39 is 6.10 Å². The van der Waals surface area contributed by atoms with Gasteiger partial charge >= 0.3 is 0 Å². The fraction of sp³-hybridized carbons (Fsp3) is 0.500. The normalized spacial score (nSPS) is 17.8. The number of amides is 1. The van der Waals surface area contributed by atoms with Crippen LogP contribution >= 0.6 is 11.6 Å². The van der Waals surface area contributed by atoms with E-state index in [2.05, 4.69) is 34.4 Å². The molecule has 1 aliphatic heterocycles. The maximum Gasteiger partial charge on any atom is 0.228 e. The van der Waals surface area contributed by atoms with E-state index in [1.54, 1.807) is 18.6 Å². The van der Waals surface area contributed by atoms with Crippen molar-refractivity contribution in [3.63, 3.8) is 0 Å². The third kappa shape index (κ3) is 7.54. The van der Waals surface area contributed by atoms with E-state index in [9.17, 15) is 9.90 Å². The first-order chi connectivity index (χ1) is 16.0. The second kappa shape index (κ2) is 13.3. The second-order valence-corrected chi connectivity index (χ2v) is 8.49. The summed E-state index contributed by atoms with van der Waals surface area (Å²) in [6.07, 6.45) is 11.4. The van der Waals surface area contributed by atoms with Crippen LogP contribution in [-0.2, 0) is 4.79 Å². The lowest BCUT2D eigenvalue weighted by molar-refractivity contribution is -0.117. The molecule has 2 aromatic rings. The summed E-state index contributed by atoms with van der Waals surface area (Å²) in [5.74, 6) is 0.715. The minimum atomic E-state index is -0.477. The van der Waals surface area contributed by atoms with Gasteiger partial charge in [-0.15, -0.1) is 0 Å². The number of aromatic nitrogens is 2. The SMILES string of the molecule is CC.CCC.CCCC(O)C1C=C(Cl)C(c2cc3cnc(NC(=O)C4CC4)cc3cn2)=CN1. The lowest BCUT2D eigenvalue weighted by Crippen LogP contribution is -2.37. The van der Waals surface area contributed by atoms with Crippen LogP contribution in [0.3, 0.4) is 0 Å². The summed E-state index contributed by atoms with van der Waals surface area (Å²) in [4.78, 5) is 20.8. The number of hydrogen-bond acceptors (Lipinski definition) is 5. The topological polar surface area (TPSA) is 87.1 Å². The molecule has 2 aromatic heterocycles. The highest BCUT2D eigenvalue weighted by Crippen LogP contribution is 2.31. The van der Waals surface area contributed by atoms with Crippen molar-refractivity contribution in [2.24, 2.45) is 5.92 Å². The summed E-state index contributed by atoms with van der Waals surface area (Å²) in [6, 6.07) is 3.55. The average Bonchev–Trinajstić information content (AvgIpc) is 3.66. The molecule has 0 spiro atoms. The molecular formula is C26H37ClN4O2. The number of aliphatic hydroxyl groups excluding tert-OH is 1. The Morgan fingerprint density at radius 2 is 1.82 bits per heavy atom. The molecule has 1 saturated carbocycles. The summed E-state index contributed by atoms with van der Waals surface area (Å²) in [5.41, 5.74) is 1.50. The zero-order chi connectivity index (χ0) is 24.4. The first kappa shape index (κ1) is 26.8. The predicted molar refractivity (Wildman–Crippen MR) is 138 cm³/mol. The van der Waals surface area contributed by atoms with E-state index in [1.165, 1.54) is 6.42 Å². The third-order valence-electron chi connectivity index (χ3n) is 5.08. The van der Waals surface area contributed by atoms with E-state index >= 15 is 0 Å². The Bertz CT molecular complexity index is 985. The van der Waals surface area contributed by atoms with E-state index in [0.29, 0.717) is 17.3 Å². The summed E-state index contributed by atoms with van der Waals surface area (Å²) in [7, 11) is 0. The predicted octanol–water partition coefficient (Wildman–Crippen LogP) is 6.02. The molecule has 6 nitrogen and oxygen atoms in total. The van der Waals surface area contributed by atoms with Crippen molar-refractivity contribution in [3.05, 3.63) is 47.5 Å². The van der Waals surface area contributed by atoms with Gasteiger partial charge < -0.3 is 15.7 Å². The fourth-order valence-electron chi connectivity index (χ4n) is 3.26. The number of pyridine rings is 2. The summed E-state index contributed by atoms with van der Waals surface area (Å²) >= 11 is 6.46. The van der Waals surface area contributed by atoms with Gasteiger partial charge in [0.1, 0.15) is 5.82 Å². The molecule has 33 heavy (non-hydrogen) atoms. The van der Waals surface area contributed by atoms with Crippen molar-refractivity contribution < 1.29 is 9.90 Å². The van der Waals surface area contributed by atoms with E-state index in [1.807, 2.05) is 39.0 Å². The van der Waals surface area contributed by atoms with Crippen molar-refractivity contribution in [1.29, 1.82) is 0 Å². The molecule has 0 aromatic carbocycles. The maximum atomic E-state index is 11.9. The van der Waals surface area contributed by atoms with Crippen LogP contribution in [0.1, 0.15) is 72.4 Å². The van der Waals surface area contributed by atoms with Gasteiger partial charge in [-0.3, -0.25) is 9.78 Å². The van der Waals surface area contributed by atoms with Gasteiger partial charge in [-0.2, -0.15) is 0 Å². The number of fused-ring (bicyclic) bond motifs is 1. The minimum absolute atomic E-state index is 0.0339. The first-order valence-corrected chi connectivity index (χ1v) is 12.4. The number of rotatable bonds is 6. The Balaban J connectivity index is 0.000000714. The van der Waals surface area contributed by atoms with E-state index in [4.69, 9.17) is 11.6 Å². The number of nitrogens with one attached hydrogen (secondary N) is 2. The highest BCUT2D eigenvalue weighted by Gasteiger charge is 2.29. The summed E-state index contributed by atoms with van der Waals surface area (Å²) in [6.45, 7) is 10.3. The van der Waals surface area contributed by atoms with Gasteiger partial charge in [0.15, 0.2) is 0 Å². The third-order valence-corrected chi connectivity index (χ3v) is 5.41. The van der Waals surface area contributed by atoms with Gasteiger partial charge in [0.25, 0.3) is 0 Å². The summed E-state index contributed by atoms with van der Waals surface area (Å²) in [5, 5.41) is 18.6. The molecule has 0 bridgehead atoms. The standard InChI is InChI=1S/C21H23ClN4O2.C3H8.C2H6/c1-2-3-19(27)18-8-16(22)15(11-24-18)17-6-13-10-25-20(7-14(13)9-23-17)26-21(28)12-4-5-12;1-3-2;1-2/h6-12,18-19,24,27H,2-5H2,1H3,(H,25,26,28);3H2,1-2H3;1-2H3. The molecule has 2 aliphatic rings. The quantitative estimate of drug-likeness (QED) is 0.478. The van der Waals surface area contributed by atoms with Crippen LogP contribution in [0.5, 0.6) is 0 Å². The van der Waals surface area contributed by atoms with Gasteiger partial charge in [-0.05, 0) is 37.5 Å². The number of aliphatic hydroxyl groups is 1. The van der Waals surface area contributed by atoms with Crippen molar-refractivity contribution in [2.75, 3.05) is 5.32 Å². The summed E-state index contributed by atoms with van der Waals surface area (Å²) < 4.78 is 0. The molecule has 180 valence electrons. The lowest BCUT2D eigenvalue weighted by atomic mass is 10.0. The van der Waals surface area contributed by atoms with Crippen molar-refractivity contribution in [3.8, 4) is 0 Å². The Morgan fingerprint density at radius 1 is 1.18 bits per heavy atom. The average molecular weight is 473 g/mol. The minimum Gasteiger partial charge on any atom is -0.391 e. The number of anilines is 1. The number of allylic oxidation sites excluding steroid dienone is 2. The Morgan fingerprint density at radius 3 is 2.42 bits per heavy atom. The van der Waals surface area contributed by atoms with Gasteiger partial charge in [0.2, 0.25) is 5.91 Å². The molecular weight excluding hydrogens is 436 g/mol. The number of carbonyl (C=O) groups excluding carboxylic acids is 1. The van der Waals surface area contributed by atoms with Crippen LogP contribution in [0.4, 0.5) is 5.82 Å². The molecule has 1 aliphatic carbocycles. The number of nitrogens with zero attached hydrogens (tertiary/aromatic N) is 2. The molecule has 3 N–H and O–H groups in total. The number of dihydropyridines is 1. The molecule has 0 saturated heterocycles. The van der Waals surface area contributed by atoms with Gasteiger partial charge in [-0.25, -0.2) is 4.98 Å². The molecule has 1 amide bonds. The zero-order valence-corrected chi connectivity index (χ0v) is 21.1. The monoisotopic (exact) mass is 472 g/mol. The first-order valence-electron chi connectivity index (χ1n) is 12.1. The fourth-order valence-corrected chi connectivity index (χ4v) is 3.55. The van der Waals surface area contributed by atoms with Crippen LogP contribution in [0.25, 0.3) is 16.3 Å². The Kier molecular flexibility index (Phi) is 10.8. The van der Waals surface area contributed by atoms with Crippen LogP contribution in [0.15, 0.2) is 41.8 Å². The van der Waals surface area contributed by atoms with E-state index in [0.717, 1.165) is 41.3 Å². The van der Waals surface area contributed by atoms with Crippen LogP contribution in [-0.4, -0.2) is 33.1 Å². The van der Waals surface area contributed by atoms with Crippen LogP contribution in [0, 0.1) is 5.92 Å². The molecule has 0 radical (unpaired) electrons.